The van der Waals surface area contributed by atoms with Crippen LogP contribution in [0.2, 0.25) is 0 Å². The predicted molar refractivity (Wildman–Crippen MR) is 61.8 cm³/mol. The molecule has 0 fully saturated rings. The SMILES string of the molecule is NC(Cc1cc(Br)c(O)c([N+](=O)[O-])c1)C(=O)O. The minimum absolute atomic E-state index is 0.0605. The second kappa shape index (κ2) is 5.11. The molecule has 4 N–H and O–H groups in total. The van der Waals surface area contributed by atoms with Crippen molar-refractivity contribution in [1.82, 2.24) is 0 Å². The summed E-state index contributed by atoms with van der Waals surface area (Å²) in [6.45, 7) is 0. The summed E-state index contributed by atoms with van der Waals surface area (Å²) in [4.78, 5) is 20.4. The largest absolute Gasteiger partial charge is 0.501 e. The Balaban J connectivity index is 3.11. The third-order valence-electron chi connectivity index (χ3n) is 2.07. The molecule has 0 bridgehead atoms. The Labute approximate surface area is 104 Å². The van der Waals surface area contributed by atoms with Crippen LogP contribution in [0.25, 0.3) is 0 Å². The number of phenols is 1. The van der Waals surface area contributed by atoms with E-state index >= 15 is 0 Å². The maximum Gasteiger partial charge on any atom is 0.320 e. The minimum atomic E-state index is -1.20. The molecule has 0 aromatic heterocycles. The fourth-order valence-electron chi connectivity index (χ4n) is 1.24. The lowest BCUT2D eigenvalue weighted by Gasteiger charge is -2.07. The molecule has 0 spiro atoms. The van der Waals surface area contributed by atoms with E-state index in [1.54, 1.807) is 0 Å². The first kappa shape index (κ1) is 13.4. The number of nitro groups is 1. The maximum atomic E-state index is 10.6. The van der Waals surface area contributed by atoms with E-state index < -0.39 is 28.4 Å². The van der Waals surface area contributed by atoms with Crippen LogP contribution in [0.3, 0.4) is 0 Å². The number of carbonyl (C=O) groups is 1. The van der Waals surface area contributed by atoms with E-state index in [1.807, 2.05) is 0 Å². The Morgan fingerprint density at radius 2 is 2.18 bits per heavy atom. The summed E-state index contributed by atoms with van der Waals surface area (Å²) in [5, 5.41) is 28.6. The number of halogens is 1. The normalized spacial score (nSPS) is 12.1. The molecule has 0 aliphatic carbocycles. The lowest BCUT2D eigenvalue weighted by molar-refractivity contribution is -0.386. The third kappa shape index (κ3) is 3.14. The van der Waals surface area contributed by atoms with Crippen LogP contribution in [-0.2, 0) is 11.2 Å². The van der Waals surface area contributed by atoms with Gasteiger partial charge in [-0.15, -0.1) is 0 Å². The van der Waals surface area contributed by atoms with Crippen molar-refractivity contribution in [3.63, 3.8) is 0 Å². The number of carboxylic acids is 1. The van der Waals surface area contributed by atoms with Gasteiger partial charge in [0.1, 0.15) is 6.04 Å². The zero-order valence-electron chi connectivity index (χ0n) is 8.46. The zero-order chi connectivity index (χ0) is 13.2. The maximum absolute atomic E-state index is 10.6. The number of benzene rings is 1. The molecular formula is C9H9BrN2O5. The molecule has 1 atom stereocenters. The van der Waals surface area contributed by atoms with E-state index in [-0.39, 0.29) is 10.9 Å². The molecule has 92 valence electrons. The molecule has 0 radical (unpaired) electrons. The van der Waals surface area contributed by atoms with Gasteiger partial charge in [0.25, 0.3) is 0 Å². The minimum Gasteiger partial charge on any atom is -0.501 e. The van der Waals surface area contributed by atoms with Crippen LogP contribution < -0.4 is 5.73 Å². The van der Waals surface area contributed by atoms with E-state index in [0.29, 0.717) is 5.56 Å². The first-order chi connectivity index (χ1) is 7.82. The Morgan fingerprint density at radius 1 is 1.59 bits per heavy atom. The van der Waals surface area contributed by atoms with Gasteiger partial charge in [-0.25, -0.2) is 0 Å². The van der Waals surface area contributed by atoms with Gasteiger partial charge in [0.2, 0.25) is 5.75 Å². The highest BCUT2D eigenvalue weighted by atomic mass is 79.9. The Morgan fingerprint density at radius 3 is 2.65 bits per heavy atom. The van der Waals surface area contributed by atoms with E-state index in [9.17, 15) is 20.0 Å². The lowest BCUT2D eigenvalue weighted by atomic mass is 10.1. The molecule has 0 saturated carbocycles. The summed E-state index contributed by atoms with van der Waals surface area (Å²) in [6, 6.07) is 1.35. The van der Waals surface area contributed by atoms with E-state index in [0.717, 1.165) is 6.07 Å². The fraction of sp³-hybridized carbons (Fsp3) is 0.222. The molecule has 1 aromatic carbocycles. The molecule has 1 aromatic rings. The van der Waals surface area contributed by atoms with Gasteiger partial charge in [-0.1, -0.05) is 0 Å². The third-order valence-corrected chi connectivity index (χ3v) is 2.68. The van der Waals surface area contributed by atoms with Crippen molar-refractivity contribution in [3.8, 4) is 5.75 Å². The molecule has 1 rings (SSSR count). The van der Waals surface area contributed by atoms with E-state index in [4.69, 9.17) is 10.8 Å². The van der Waals surface area contributed by atoms with Crippen LogP contribution in [0, 0.1) is 10.1 Å². The van der Waals surface area contributed by atoms with Gasteiger partial charge in [0.15, 0.2) is 0 Å². The van der Waals surface area contributed by atoms with Gasteiger partial charge >= 0.3 is 11.7 Å². The van der Waals surface area contributed by atoms with Gasteiger partial charge < -0.3 is 15.9 Å². The van der Waals surface area contributed by atoms with Crippen LogP contribution in [0.5, 0.6) is 5.75 Å². The molecule has 0 saturated heterocycles. The van der Waals surface area contributed by atoms with Crippen molar-refractivity contribution in [1.29, 1.82) is 0 Å². The molecule has 0 aliphatic heterocycles. The molecule has 8 heteroatoms. The van der Waals surface area contributed by atoms with Crippen LogP contribution >= 0.6 is 15.9 Å². The van der Waals surface area contributed by atoms with Crippen molar-refractivity contribution in [2.75, 3.05) is 0 Å². The molecular weight excluding hydrogens is 296 g/mol. The Kier molecular flexibility index (Phi) is 4.02. The number of nitrogens with two attached hydrogens (primary N) is 1. The summed E-state index contributed by atoms with van der Waals surface area (Å²) in [6.07, 6.45) is -0.0605. The van der Waals surface area contributed by atoms with Crippen LogP contribution in [0.4, 0.5) is 5.69 Å². The number of phenolic OH excluding ortho intramolecular Hbond substituents is 1. The number of hydrogen-bond donors (Lipinski definition) is 3. The van der Waals surface area contributed by atoms with E-state index in [2.05, 4.69) is 15.9 Å². The molecule has 7 nitrogen and oxygen atoms in total. The van der Waals surface area contributed by atoms with Gasteiger partial charge in [0, 0.05) is 6.07 Å². The van der Waals surface area contributed by atoms with Gasteiger partial charge in [-0.05, 0) is 34.0 Å². The number of carboxylic acid groups (broad SMARTS) is 1. The summed E-state index contributed by atoms with van der Waals surface area (Å²) < 4.78 is 0.124. The topological polar surface area (TPSA) is 127 Å². The predicted octanol–water partition coefficient (Wildman–Crippen LogP) is 1.02. The fourth-order valence-corrected chi connectivity index (χ4v) is 1.73. The molecule has 17 heavy (non-hydrogen) atoms. The summed E-state index contributed by atoms with van der Waals surface area (Å²) in [5.41, 5.74) is 5.18. The van der Waals surface area contributed by atoms with Crippen molar-refractivity contribution < 1.29 is 19.9 Å². The average molecular weight is 305 g/mol. The summed E-state index contributed by atoms with van der Waals surface area (Å²) >= 11 is 2.95. The van der Waals surface area contributed by atoms with Crippen molar-refractivity contribution in [3.05, 3.63) is 32.3 Å². The van der Waals surface area contributed by atoms with Crippen molar-refractivity contribution in [2.24, 2.45) is 5.73 Å². The quantitative estimate of drug-likeness (QED) is 0.563. The highest BCUT2D eigenvalue weighted by molar-refractivity contribution is 9.10. The Bertz CT molecular complexity index is 477. The lowest BCUT2D eigenvalue weighted by Crippen LogP contribution is -2.32. The molecule has 1 unspecified atom stereocenters. The smallest absolute Gasteiger partial charge is 0.320 e. The second-order valence-corrected chi connectivity index (χ2v) is 4.21. The highest BCUT2D eigenvalue weighted by Gasteiger charge is 2.20. The number of aliphatic carboxylic acids is 1. The average Bonchev–Trinajstić information content (AvgIpc) is 2.22. The van der Waals surface area contributed by atoms with E-state index in [1.165, 1.54) is 6.07 Å². The first-order valence-electron chi connectivity index (χ1n) is 4.47. The molecule has 0 aliphatic rings. The number of nitro benzene ring substituents is 1. The standard InChI is InChI=1S/C9H9BrN2O5/c10-5-1-4(2-6(11)9(14)15)3-7(8(5)13)12(16)17/h1,3,6,13H,2,11H2,(H,14,15). The monoisotopic (exact) mass is 304 g/mol. The van der Waals surface area contributed by atoms with Gasteiger partial charge in [-0.3, -0.25) is 14.9 Å². The number of hydrogen-bond acceptors (Lipinski definition) is 5. The number of nitrogens with zero attached hydrogens (tertiary/aromatic N) is 1. The van der Waals surface area contributed by atoms with Gasteiger partial charge in [-0.2, -0.15) is 0 Å². The second-order valence-electron chi connectivity index (χ2n) is 3.35. The highest BCUT2D eigenvalue weighted by Crippen LogP contribution is 2.35. The first-order valence-corrected chi connectivity index (χ1v) is 5.26. The van der Waals surface area contributed by atoms with Crippen molar-refractivity contribution >= 4 is 27.6 Å². The van der Waals surface area contributed by atoms with Gasteiger partial charge in [0.05, 0.1) is 9.40 Å². The van der Waals surface area contributed by atoms with Crippen LogP contribution in [0.15, 0.2) is 16.6 Å². The molecule has 0 amide bonds. The van der Waals surface area contributed by atoms with Crippen LogP contribution in [0.1, 0.15) is 5.56 Å². The zero-order valence-corrected chi connectivity index (χ0v) is 10.0. The Hall–Kier alpha value is -1.67. The molecule has 0 heterocycles. The van der Waals surface area contributed by atoms with Crippen molar-refractivity contribution in [2.45, 2.75) is 12.5 Å². The summed E-state index contributed by atoms with van der Waals surface area (Å²) in [5.74, 6) is -1.69. The number of rotatable bonds is 4. The summed E-state index contributed by atoms with van der Waals surface area (Å²) in [7, 11) is 0. The number of aromatic hydroxyl groups is 1. The van der Waals surface area contributed by atoms with Crippen LogP contribution in [-0.4, -0.2) is 27.1 Å².